The third kappa shape index (κ3) is 22.5. The lowest BCUT2D eigenvalue weighted by Gasteiger charge is -2.12. The second-order valence-electron chi connectivity index (χ2n) is 4.30. The highest BCUT2D eigenvalue weighted by Gasteiger charge is 2.14. The molecule has 0 spiro atoms. The Morgan fingerprint density at radius 3 is 2.12 bits per heavy atom. The number of carbonyl (C=O) groups excluding carboxylic acids is 2. The molecule has 10 heteroatoms. The van der Waals surface area contributed by atoms with Crippen LogP contribution in [0.5, 0.6) is 0 Å². The summed E-state index contributed by atoms with van der Waals surface area (Å²) >= 11 is 1.65. The molecule has 0 bridgehead atoms. The zero-order chi connectivity index (χ0) is 19.5. The maximum Gasteiger partial charge on any atom is 0.322 e. The molecule has 0 rings (SSSR count). The number of carboxylic acids is 2. The Labute approximate surface area is 146 Å². The van der Waals surface area contributed by atoms with E-state index in [0.29, 0.717) is 6.41 Å². The van der Waals surface area contributed by atoms with Gasteiger partial charge in [-0.15, -0.1) is 0 Å². The first-order valence-electron chi connectivity index (χ1n) is 7.40. The van der Waals surface area contributed by atoms with Crippen molar-refractivity contribution >= 4 is 36.0 Å². The SMILES string of the molecule is CC.CSCC(C)NC(=O)CCC(N)C(=O)O.O=CNCC(=O)O. The van der Waals surface area contributed by atoms with Gasteiger partial charge >= 0.3 is 11.9 Å². The molecule has 0 aliphatic heterocycles. The van der Waals surface area contributed by atoms with E-state index in [9.17, 15) is 19.2 Å². The van der Waals surface area contributed by atoms with Crippen LogP contribution in [-0.2, 0) is 19.2 Å². The van der Waals surface area contributed by atoms with Crippen LogP contribution in [0.2, 0.25) is 0 Å². The van der Waals surface area contributed by atoms with Crippen LogP contribution in [0.3, 0.4) is 0 Å². The summed E-state index contributed by atoms with van der Waals surface area (Å²) in [5, 5.41) is 21.1. The van der Waals surface area contributed by atoms with E-state index in [0.717, 1.165) is 5.75 Å². The minimum absolute atomic E-state index is 0.105. The van der Waals surface area contributed by atoms with Crippen molar-refractivity contribution in [3.63, 3.8) is 0 Å². The lowest BCUT2D eigenvalue weighted by Crippen LogP contribution is -2.36. The summed E-state index contributed by atoms with van der Waals surface area (Å²) in [7, 11) is 0. The molecule has 0 aliphatic rings. The van der Waals surface area contributed by atoms with Gasteiger partial charge in [-0.25, -0.2) is 0 Å². The molecule has 24 heavy (non-hydrogen) atoms. The van der Waals surface area contributed by atoms with Crippen molar-refractivity contribution in [2.75, 3.05) is 18.6 Å². The van der Waals surface area contributed by atoms with Gasteiger partial charge in [-0.05, 0) is 19.6 Å². The number of nitrogens with one attached hydrogen (secondary N) is 2. The molecule has 0 radical (unpaired) electrons. The van der Waals surface area contributed by atoms with E-state index >= 15 is 0 Å². The molecule has 9 nitrogen and oxygen atoms in total. The standard InChI is InChI=1S/C9H18N2O3S.C3H5NO3.C2H6/c1-6(5-15-2)11-8(12)4-3-7(10)9(13)14;5-2-4-1-3(6)7;1-2/h6-7H,3-5,10H2,1-2H3,(H,11,12)(H,13,14);2H,1H2,(H,4,5)(H,6,7);1-2H3. The van der Waals surface area contributed by atoms with Gasteiger partial charge in [0.2, 0.25) is 12.3 Å². The smallest absolute Gasteiger partial charge is 0.322 e. The van der Waals surface area contributed by atoms with Crippen LogP contribution in [0.1, 0.15) is 33.6 Å². The van der Waals surface area contributed by atoms with Gasteiger partial charge in [0.15, 0.2) is 0 Å². The largest absolute Gasteiger partial charge is 0.480 e. The predicted octanol–water partition coefficient (Wildman–Crippen LogP) is -0.111. The highest BCUT2D eigenvalue weighted by molar-refractivity contribution is 7.98. The Bertz CT molecular complexity index is 368. The highest BCUT2D eigenvalue weighted by Crippen LogP contribution is 1.99. The van der Waals surface area contributed by atoms with E-state index in [1.807, 2.05) is 32.3 Å². The van der Waals surface area contributed by atoms with Gasteiger partial charge in [0, 0.05) is 18.2 Å². The summed E-state index contributed by atoms with van der Waals surface area (Å²) < 4.78 is 0. The molecule has 142 valence electrons. The second-order valence-corrected chi connectivity index (χ2v) is 5.21. The van der Waals surface area contributed by atoms with Gasteiger partial charge in [0.05, 0.1) is 0 Å². The Morgan fingerprint density at radius 1 is 1.25 bits per heavy atom. The Kier molecular flexibility index (Phi) is 21.7. The number of nitrogens with two attached hydrogens (primary N) is 1. The van der Waals surface area contributed by atoms with E-state index in [2.05, 4.69) is 5.32 Å². The number of rotatable bonds is 10. The topological polar surface area (TPSA) is 159 Å². The van der Waals surface area contributed by atoms with Crippen molar-refractivity contribution in [1.82, 2.24) is 10.6 Å². The lowest BCUT2D eigenvalue weighted by atomic mass is 10.1. The molecule has 2 unspecified atom stereocenters. The number of thioether (sulfide) groups is 1. The second kappa shape index (κ2) is 19.2. The molecule has 0 aliphatic carbocycles. The summed E-state index contributed by atoms with van der Waals surface area (Å²) in [5.41, 5.74) is 5.27. The van der Waals surface area contributed by atoms with E-state index < -0.39 is 18.0 Å². The number of hydrogen-bond donors (Lipinski definition) is 5. The molecule has 0 saturated heterocycles. The molecule has 0 saturated carbocycles. The molecule has 6 N–H and O–H groups in total. The normalized spacial score (nSPS) is 11.4. The maximum atomic E-state index is 11.3. The third-order valence-corrected chi connectivity index (χ3v) is 2.99. The number of aliphatic carboxylic acids is 2. The molecule has 0 heterocycles. The van der Waals surface area contributed by atoms with Gasteiger partial charge in [-0.3, -0.25) is 19.2 Å². The lowest BCUT2D eigenvalue weighted by molar-refractivity contribution is -0.139. The zero-order valence-corrected chi connectivity index (χ0v) is 15.4. The van der Waals surface area contributed by atoms with Gasteiger partial charge in [0.25, 0.3) is 0 Å². The quantitative estimate of drug-likeness (QED) is 0.334. The number of carbonyl (C=O) groups is 4. The van der Waals surface area contributed by atoms with Crippen LogP contribution in [0.25, 0.3) is 0 Å². The van der Waals surface area contributed by atoms with Gasteiger partial charge in [-0.1, -0.05) is 13.8 Å². The number of carboxylic acid groups (broad SMARTS) is 2. The van der Waals surface area contributed by atoms with Crippen molar-refractivity contribution in [3.8, 4) is 0 Å². The molecule has 2 amide bonds. The van der Waals surface area contributed by atoms with Crippen molar-refractivity contribution < 1.29 is 29.4 Å². The summed E-state index contributed by atoms with van der Waals surface area (Å²) in [5.74, 6) is -1.41. The average molecular weight is 367 g/mol. The monoisotopic (exact) mass is 367 g/mol. The molecule has 2 atom stereocenters. The van der Waals surface area contributed by atoms with Crippen LogP contribution in [0.15, 0.2) is 0 Å². The van der Waals surface area contributed by atoms with Crippen LogP contribution in [-0.4, -0.2) is 65.1 Å². The van der Waals surface area contributed by atoms with Crippen molar-refractivity contribution in [2.24, 2.45) is 5.73 Å². The predicted molar refractivity (Wildman–Crippen MR) is 93.9 cm³/mol. The first kappa shape index (κ1) is 27.1. The minimum Gasteiger partial charge on any atom is -0.480 e. The van der Waals surface area contributed by atoms with Crippen LogP contribution in [0.4, 0.5) is 0 Å². The van der Waals surface area contributed by atoms with E-state index in [1.54, 1.807) is 11.8 Å². The third-order valence-electron chi connectivity index (χ3n) is 2.16. The van der Waals surface area contributed by atoms with Crippen LogP contribution >= 0.6 is 11.8 Å². The van der Waals surface area contributed by atoms with Crippen molar-refractivity contribution in [2.45, 2.75) is 45.7 Å². The summed E-state index contributed by atoms with van der Waals surface area (Å²) in [6.07, 6.45) is 2.64. The fraction of sp³-hybridized carbons (Fsp3) is 0.714. The molecule has 0 aromatic heterocycles. The number of amides is 2. The molecular formula is C14H29N3O6S. The number of hydrogen-bond acceptors (Lipinski definition) is 6. The van der Waals surface area contributed by atoms with Crippen LogP contribution in [0, 0.1) is 0 Å². The van der Waals surface area contributed by atoms with Gasteiger partial charge < -0.3 is 26.6 Å². The Morgan fingerprint density at radius 2 is 1.79 bits per heavy atom. The molecule has 0 aromatic carbocycles. The van der Waals surface area contributed by atoms with Crippen LogP contribution < -0.4 is 16.4 Å². The summed E-state index contributed by atoms with van der Waals surface area (Å²) in [6, 6.07) is -0.847. The van der Waals surface area contributed by atoms with E-state index in [4.69, 9.17) is 15.9 Å². The molecule has 0 aromatic rings. The first-order chi connectivity index (χ1) is 11.2. The fourth-order valence-electron chi connectivity index (χ4n) is 1.18. The summed E-state index contributed by atoms with van der Waals surface area (Å²) in [4.78, 5) is 40.5. The van der Waals surface area contributed by atoms with E-state index in [1.165, 1.54) is 0 Å². The molecule has 0 fully saturated rings. The minimum atomic E-state index is -1.07. The Balaban J connectivity index is -0.000000410. The molecular weight excluding hydrogens is 338 g/mol. The maximum absolute atomic E-state index is 11.3. The van der Waals surface area contributed by atoms with E-state index in [-0.39, 0.29) is 31.3 Å². The Hall–Kier alpha value is -1.81. The van der Waals surface area contributed by atoms with Gasteiger partial charge in [-0.2, -0.15) is 11.8 Å². The first-order valence-corrected chi connectivity index (χ1v) is 8.79. The summed E-state index contributed by atoms with van der Waals surface area (Å²) in [6.45, 7) is 5.61. The zero-order valence-electron chi connectivity index (χ0n) is 14.6. The fourth-order valence-corrected chi connectivity index (χ4v) is 1.76. The van der Waals surface area contributed by atoms with Crippen molar-refractivity contribution in [3.05, 3.63) is 0 Å². The van der Waals surface area contributed by atoms with Crippen molar-refractivity contribution in [1.29, 1.82) is 0 Å². The van der Waals surface area contributed by atoms with Gasteiger partial charge in [0.1, 0.15) is 12.6 Å². The average Bonchev–Trinajstić information content (AvgIpc) is 2.53. The highest BCUT2D eigenvalue weighted by atomic mass is 32.2.